The Bertz CT molecular complexity index is 304. The van der Waals surface area contributed by atoms with Crippen LogP contribution in [0.5, 0.6) is 0 Å². The van der Waals surface area contributed by atoms with Crippen LogP contribution in [0.15, 0.2) is 0 Å². The third-order valence-corrected chi connectivity index (χ3v) is 6.28. The van der Waals surface area contributed by atoms with Crippen molar-refractivity contribution < 1.29 is 0 Å². The van der Waals surface area contributed by atoms with Crippen LogP contribution in [0.3, 0.4) is 0 Å². The SMILES string of the molecule is CC1CCCC(CN)(CN2CCC3CCCCC32)C1. The van der Waals surface area contributed by atoms with Gasteiger partial charge in [-0.15, -0.1) is 0 Å². The van der Waals surface area contributed by atoms with Gasteiger partial charge in [0.1, 0.15) is 0 Å². The van der Waals surface area contributed by atoms with Gasteiger partial charge in [-0.25, -0.2) is 0 Å². The molecule has 0 aromatic carbocycles. The summed E-state index contributed by atoms with van der Waals surface area (Å²) in [5, 5.41) is 0. The van der Waals surface area contributed by atoms with Crippen molar-refractivity contribution >= 4 is 0 Å². The van der Waals surface area contributed by atoms with Gasteiger partial charge in [0.05, 0.1) is 0 Å². The predicted octanol–water partition coefficient (Wildman–Crippen LogP) is 3.41. The molecule has 2 heteroatoms. The standard InChI is InChI=1S/C17H32N2/c1-14-5-4-9-17(11-14,12-18)13-19-10-8-15-6-2-3-7-16(15)19/h14-16H,2-13,18H2,1H3. The lowest BCUT2D eigenvalue weighted by atomic mass is 9.69. The van der Waals surface area contributed by atoms with Crippen molar-refractivity contribution in [3.63, 3.8) is 0 Å². The first kappa shape index (κ1) is 13.9. The summed E-state index contributed by atoms with van der Waals surface area (Å²) in [5.41, 5.74) is 6.67. The Morgan fingerprint density at radius 1 is 1.11 bits per heavy atom. The van der Waals surface area contributed by atoms with Crippen LogP contribution in [0.1, 0.15) is 64.7 Å². The molecular formula is C17H32N2. The zero-order valence-corrected chi connectivity index (χ0v) is 12.7. The number of hydrogen-bond acceptors (Lipinski definition) is 2. The fourth-order valence-electron chi connectivity index (χ4n) is 5.29. The Labute approximate surface area is 119 Å². The molecule has 4 unspecified atom stereocenters. The summed E-state index contributed by atoms with van der Waals surface area (Å²) in [4.78, 5) is 2.84. The minimum absolute atomic E-state index is 0.448. The molecule has 3 aliphatic rings. The maximum Gasteiger partial charge on any atom is 0.0124 e. The van der Waals surface area contributed by atoms with Crippen LogP contribution in [-0.4, -0.2) is 30.6 Å². The number of nitrogens with zero attached hydrogens (tertiary/aromatic N) is 1. The highest BCUT2D eigenvalue weighted by Crippen LogP contribution is 2.43. The lowest BCUT2D eigenvalue weighted by molar-refractivity contribution is 0.0677. The second kappa shape index (κ2) is 5.73. The molecule has 1 heterocycles. The van der Waals surface area contributed by atoms with E-state index in [4.69, 9.17) is 5.73 Å². The highest BCUT2D eigenvalue weighted by Gasteiger charge is 2.41. The van der Waals surface area contributed by atoms with Crippen molar-refractivity contribution in [1.82, 2.24) is 4.90 Å². The highest BCUT2D eigenvalue weighted by atomic mass is 15.2. The van der Waals surface area contributed by atoms with E-state index in [1.807, 2.05) is 0 Å². The third kappa shape index (κ3) is 2.85. The quantitative estimate of drug-likeness (QED) is 0.846. The monoisotopic (exact) mass is 264 g/mol. The van der Waals surface area contributed by atoms with Crippen LogP contribution in [0.4, 0.5) is 0 Å². The summed E-state index contributed by atoms with van der Waals surface area (Å²) in [6, 6.07) is 0.911. The van der Waals surface area contributed by atoms with Gasteiger partial charge in [0.2, 0.25) is 0 Å². The molecule has 0 spiro atoms. The summed E-state index contributed by atoms with van der Waals surface area (Å²) in [7, 11) is 0. The molecule has 2 N–H and O–H groups in total. The van der Waals surface area contributed by atoms with E-state index < -0.39 is 0 Å². The van der Waals surface area contributed by atoms with Gasteiger partial charge in [-0.3, -0.25) is 4.90 Å². The van der Waals surface area contributed by atoms with E-state index in [1.165, 1.54) is 70.9 Å². The molecule has 0 radical (unpaired) electrons. The van der Waals surface area contributed by atoms with Crippen LogP contribution in [0.25, 0.3) is 0 Å². The number of hydrogen-bond donors (Lipinski definition) is 1. The molecule has 1 saturated heterocycles. The Morgan fingerprint density at radius 3 is 2.74 bits per heavy atom. The van der Waals surface area contributed by atoms with Crippen molar-refractivity contribution in [2.24, 2.45) is 23.0 Å². The Balaban J connectivity index is 1.65. The molecule has 19 heavy (non-hydrogen) atoms. The average molecular weight is 264 g/mol. The first-order valence-electron chi connectivity index (χ1n) is 8.67. The first-order chi connectivity index (χ1) is 9.22. The van der Waals surface area contributed by atoms with Crippen molar-refractivity contribution in [1.29, 1.82) is 0 Å². The normalized spacial score (nSPS) is 44.2. The molecule has 3 rings (SSSR count). The van der Waals surface area contributed by atoms with Crippen molar-refractivity contribution in [3.05, 3.63) is 0 Å². The summed E-state index contributed by atoms with van der Waals surface area (Å²) in [6.07, 6.45) is 12.9. The summed E-state index contributed by atoms with van der Waals surface area (Å²) in [6.45, 7) is 5.99. The minimum Gasteiger partial charge on any atom is -0.330 e. The van der Waals surface area contributed by atoms with Crippen molar-refractivity contribution in [3.8, 4) is 0 Å². The number of rotatable bonds is 3. The number of fused-ring (bicyclic) bond motifs is 1. The zero-order valence-electron chi connectivity index (χ0n) is 12.7. The largest absolute Gasteiger partial charge is 0.330 e. The van der Waals surface area contributed by atoms with Gasteiger partial charge < -0.3 is 5.73 Å². The maximum atomic E-state index is 6.22. The molecule has 1 aliphatic heterocycles. The summed E-state index contributed by atoms with van der Waals surface area (Å²) < 4.78 is 0. The number of nitrogens with two attached hydrogens (primary N) is 1. The second-order valence-electron chi connectivity index (χ2n) is 7.78. The van der Waals surface area contributed by atoms with Crippen LogP contribution < -0.4 is 5.73 Å². The van der Waals surface area contributed by atoms with E-state index in [0.29, 0.717) is 5.41 Å². The molecule has 2 aliphatic carbocycles. The molecule has 0 amide bonds. The fraction of sp³-hybridized carbons (Fsp3) is 1.00. The van der Waals surface area contributed by atoms with Gasteiger partial charge in [0.25, 0.3) is 0 Å². The Kier molecular flexibility index (Phi) is 4.19. The van der Waals surface area contributed by atoms with Gasteiger partial charge in [0, 0.05) is 12.6 Å². The van der Waals surface area contributed by atoms with E-state index in [0.717, 1.165) is 24.4 Å². The molecule has 2 nitrogen and oxygen atoms in total. The minimum atomic E-state index is 0.448. The van der Waals surface area contributed by atoms with Gasteiger partial charge >= 0.3 is 0 Å². The molecule has 2 saturated carbocycles. The Hall–Kier alpha value is -0.0800. The smallest absolute Gasteiger partial charge is 0.0124 e. The topological polar surface area (TPSA) is 29.3 Å². The second-order valence-corrected chi connectivity index (χ2v) is 7.78. The lowest BCUT2D eigenvalue weighted by Gasteiger charge is -2.44. The van der Waals surface area contributed by atoms with Crippen LogP contribution in [-0.2, 0) is 0 Å². The molecule has 110 valence electrons. The van der Waals surface area contributed by atoms with Gasteiger partial charge in [-0.1, -0.05) is 32.6 Å². The van der Waals surface area contributed by atoms with Gasteiger partial charge in [-0.2, -0.15) is 0 Å². The van der Waals surface area contributed by atoms with Crippen LogP contribution in [0.2, 0.25) is 0 Å². The zero-order chi connectivity index (χ0) is 13.3. The maximum absolute atomic E-state index is 6.22. The first-order valence-corrected chi connectivity index (χ1v) is 8.67. The van der Waals surface area contributed by atoms with Crippen LogP contribution in [0, 0.1) is 17.3 Å². The third-order valence-electron chi connectivity index (χ3n) is 6.28. The number of likely N-dealkylation sites (tertiary alicyclic amines) is 1. The van der Waals surface area contributed by atoms with Crippen molar-refractivity contribution in [2.75, 3.05) is 19.6 Å². The summed E-state index contributed by atoms with van der Waals surface area (Å²) in [5.74, 6) is 1.91. The average Bonchev–Trinajstić information content (AvgIpc) is 2.82. The highest BCUT2D eigenvalue weighted by molar-refractivity contribution is 4.95. The fourth-order valence-corrected chi connectivity index (χ4v) is 5.29. The summed E-state index contributed by atoms with van der Waals surface area (Å²) >= 11 is 0. The molecule has 4 atom stereocenters. The predicted molar refractivity (Wildman–Crippen MR) is 81.1 cm³/mol. The molecule has 0 aromatic rings. The van der Waals surface area contributed by atoms with E-state index in [9.17, 15) is 0 Å². The Morgan fingerprint density at radius 2 is 1.95 bits per heavy atom. The van der Waals surface area contributed by atoms with E-state index in [1.54, 1.807) is 0 Å². The van der Waals surface area contributed by atoms with Crippen molar-refractivity contribution in [2.45, 2.75) is 70.8 Å². The van der Waals surface area contributed by atoms with Gasteiger partial charge in [0.15, 0.2) is 0 Å². The van der Waals surface area contributed by atoms with E-state index in [2.05, 4.69) is 11.8 Å². The molecule has 0 aromatic heterocycles. The van der Waals surface area contributed by atoms with Gasteiger partial charge in [-0.05, 0) is 62.4 Å². The molecular weight excluding hydrogens is 232 g/mol. The molecule has 3 fully saturated rings. The molecule has 0 bridgehead atoms. The van der Waals surface area contributed by atoms with Crippen LogP contribution >= 0.6 is 0 Å². The lowest BCUT2D eigenvalue weighted by Crippen LogP contribution is -2.47. The van der Waals surface area contributed by atoms with E-state index in [-0.39, 0.29) is 0 Å². The van der Waals surface area contributed by atoms with E-state index >= 15 is 0 Å².